The number of hydrazine groups is 1. The Hall–Kier alpha value is -4.53. The van der Waals surface area contributed by atoms with E-state index < -0.39 is 10.8 Å². The molecule has 0 spiro atoms. The van der Waals surface area contributed by atoms with Crippen LogP contribution in [0.4, 0.5) is 17.3 Å². The van der Waals surface area contributed by atoms with Gasteiger partial charge in [0.2, 0.25) is 11.6 Å². The summed E-state index contributed by atoms with van der Waals surface area (Å²) in [5.74, 6) is -0.281. The first-order chi connectivity index (χ1) is 16.1. The van der Waals surface area contributed by atoms with E-state index in [-0.39, 0.29) is 17.3 Å². The van der Waals surface area contributed by atoms with Crippen molar-refractivity contribution in [3.8, 4) is 0 Å². The number of nitrogens with zero attached hydrogens (tertiary/aromatic N) is 4. The number of hydrogen-bond acceptors (Lipinski definition) is 7. The van der Waals surface area contributed by atoms with Gasteiger partial charge in [-0.15, -0.1) is 0 Å². The predicted molar refractivity (Wildman–Crippen MR) is 125 cm³/mol. The van der Waals surface area contributed by atoms with Crippen LogP contribution in [-0.2, 0) is 13.0 Å². The van der Waals surface area contributed by atoms with Crippen LogP contribution in [0.1, 0.15) is 21.5 Å². The van der Waals surface area contributed by atoms with Gasteiger partial charge in [0.1, 0.15) is 6.33 Å². The third-order valence-electron chi connectivity index (χ3n) is 5.74. The van der Waals surface area contributed by atoms with E-state index in [2.05, 4.69) is 26.9 Å². The molecule has 1 aromatic heterocycles. The molecule has 9 heteroatoms. The van der Waals surface area contributed by atoms with Crippen LogP contribution in [0.15, 0.2) is 73.1 Å². The number of anilines is 2. The van der Waals surface area contributed by atoms with Gasteiger partial charge in [0.05, 0.1) is 4.92 Å². The molecule has 164 valence electrons. The summed E-state index contributed by atoms with van der Waals surface area (Å²) in [7, 11) is 0. The minimum atomic E-state index is -0.526. The van der Waals surface area contributed by atoms with Crippen molar-refractivity contribution in [1.82, 2.24) is 15.4 Å². The van der Waals surface area contributed by atoms with E-state index in [1.54, 1.807) is 12.1 Å². The molecule has 0 saturated carbocycles. The lowest BCUT2D eigenvalue weighted by Crippen LogP contribution is -2.33. The molecule has 33 heavy (non-hydrogen) atoms. The first-order valence-electron chi connectivity index (χ1n) is 10.5. The van der Waals surface area contributed by atoms with Gasteiger partial charge in [-0.2, -0.15) is 0 Å². The van der Waals surface area contributed by atoms with Gasteiger partial charge in [0.25, 0.3) is 5.91 Å². The molecule has 4 aromatic rings. The Morgan fingerprint density at radius 1 is 0.970 bits per heavy atom. The van der Waals surface area contributed by atoms with Gasteiger partial charge in [-0.05, 0) is 34.4 Å². The van der Waals surface area contributed by atoms with Crippen molar-refractivity contribution in [1.29, 1.82) is 0 Å². The molecule has 0 unspecified atom stereocenters. The first kappa shape index (κ1) is 20.4. The fourth-order valence-electron chi connectivity index (χ4n) is 4.14. The Labute approximate surface area is 189 Å². The maximum Gasteiger partial charge on any atom is 0.355 e. The maximum atomic E-state index is 12.8. The third-order valence-corrected chi connectivity index (χ3v) is 5.74. The average Bonchev–Trinajstić information content (AvgIpc) is 2.86. The molecule has 0 bridgehead atoms. The first-order valence-corrected chi connectivity index (χ1v) is 10.5. The highest BCUT2D eigenvalue weighted by atomic mass is 16.6. The number of hydrogen-bond donors (Lipinski definition) is 2. The standard InChI is InChI=1S/C24H20N6O3/c31-24(20-11-5-9-17-7-3-4-10-19(17)20)28-27-22-21(30(32)33)23(26-15-25-22)29-13-12-16-6-1-2-8-18(16)14-29/h1-11,15H,12-14H2,(H,28,31)(H,25,26,27). The molecule has 0 radical (unpaired) electrons. The lowest BCUT2D eigenvalue weighted by Gasteiger charge is -2.29. The molecule has 0 fully saturated rings. The second kappa shape index (κ2) is 8.54. The summed E-state index contributed by atoms with van der Waals surface area (Å²) < 4.78 is 0. The third kappa shape index (κ3) is 3.91. The number of nitro groups is 1. The fourth-order valence-corrected chi connectivity index (χ4v) is 4.14. The van der Waals surface area contributed by atoms with E-state index in [1.807, 2.05) is 53.4 Å². The van der Waals surface area contributed by atoms with Crippen LogP contribution in [0.2, 0.25) is 0 Å². The highest BCUT2D eigenvalue weighted by molar-refractivity contribution is 6.07. The Morgan fingerprint density at radius 2 is 1.73 bits per heavy atom. The second-order valence-corrected chi connectivity index (χ2v) is 7.70. The van der Waals surface area contributed by atoms with E-state index in [9.17, 15) is 14.9 Å². The molecule has 5 rings (SSSR count). The second-order valence-electron chi connectivity index (χ2n) is 7.70. The number of fused-ring (bicyclic) bond motifs is 2. The number of rotatable bonds is 5. The molecule has 2 heterocycles. The number of nitrogens with one attached hydrogen (secondary N) is 2. The van der Waals surface area contributed by atoms with Crippen molar-refractivity contribution >= 4 is 34.0 Å². The molecule has 0 atom stereocenters. The van der Waals surface area contributed by atoms with Gasteiger partial charge in [0.15, 0.2) is 0 Å². The fraction of sp³-hybridized carbons (Fsp3) is 0.125. The van der Waals surface area contributed by atoms with Crippen LogP contribution in [0, 0.1) is 10.1 Å². The van der Waals surface area contributed by atoms with Crippen molar-refractivity contribution in [2.24, 2.45) is 0 Å². The van der Waals surface area contributed by atoms with Gasteiger partial charge in [0, 0.05) is 18.7 Å². The van der Waals surface area contributed by atoms with Gasteiger partial charge < -0.3 is 4.90 Å². The highest BCUT2D eigenvalue weighted by Gasteiger charge is 2.29. The van der Waals surface area contributed by atoms with E-state index in [4.69, 9.17) is 0 Å². The van der Waals surface area contributed by atoms with Crippen molar-refractivity contribution in [3.05, 3.63) is 99.9 Å². The Bertz CT molecular complexity index is 1370. The molecule has 2 N–H and O–H groups in total. The minimum Gasteiger partial charge on any atom is -0.346 e. The van der Waals surface area contributed by atoms with Crippen LogP contribution in [0.25, 0.3) is 10.8 Å². The van der Waals surface area contributed by atoms with E-state index in [1.165, 1.54) is 11.9 Å². The number of carbonyl (C=O) groups excluding carboxylic acids is 1. The molecule has 1 aliphatic rings. The van der Waals surface area contributed by atoms with Gasteiger partial charge in [-0.3, -0.25) is 25.8 Å². The summed E-state index contributed by atoms with van der Waals surface area (Å²) in [5.41, 5.74) is 7.69. The molecule has 1 amide bonds. The topological polar surface area (TPSA) is 113 Å². The zero-order valence-corrected chi connectivity index (χ0v) is 17.6. The van der Waals surface area contributed by atoms with E-state index in [0.717, 1.165) is 22.8 Å². The van der Waals surface area contributed by atoms with Crippen molar-refractivity contribution in [3.63, 3.8) is 0 Å². The SMILES string of the molecule is O=C(NNc1ncnc(N2CCc3ccccc3C2)c1[N+](=O)[O-])c1cccc2ccccc12. The largest absolute Gasteiger partial charge is 0.355 e. The van der Waals surface area contributed by atoms with Crippen molar-refractivity contribution < 1.29 is 9.72 Å². The lowest BCUT2D eigenvalue weighted by atomic mass is 10.00. The van der Waals surface area contributed by atoms with E-state index >= 15 is 0 Å². The van der Waals surface area contributed by atoms with Gasteiger partial charge in [-0.1, -0.05) is 60.7 Å². The highest BCUT2D eigenvalue weighted by Crippen LogP contribution is 2.34. The quantitative estimate of drug-likeness (QED) is 0.358. The number of benzene rings is 3. The summed E-state index contributed by atoms with van der Waals surface area (Å²) >= 11 is 0. The Balaban J connectivity index is 1.41. The normalized spacial score (nSPS) is 12.8. The predicted octanol–water partition coefficient (Wildman–Crippen LogP) is 3.86. The molecule has 1 aliphatic heterocycles. The summed E-state index contributed by atoms with van der Waals surface area (Å²) in [6.07, 6.45) is 2.02. The monoisotopic (exact) mass is 440 g/mol. The van der Waals surface area contributed by atoms with Gasteiger partial charge >= 0.3 is 5.69 Å². The number of amides is 1. The van der Waals surface area contributed by atoms with Crippen LogP contribution in [-0.4, -0.2) is 27.3 Å². The zero-order chi connectivity index (χ0) is 22.8. The van der Waals surface area contributed by atoms with Crippen LogP contribution in [0.3, 0.4) is 0 Å². The van der Waals surface area contributed by atoms with Crippen LogP contribution in [0.5, 0.6) is 0 Å². The number of aromatic nitrogens is 2. The molecule has 3 aromatic carbocycles. The lowest BCUT2D eigenvalue weighted by molar-refractivity contribution is -0.383. The van der Waals surface area contributed by atoms with Crippen LogP contribution < -0.4 is 15.8 Å². The molecular weight excluding hydrogens is 420 g/mol. The Morgan fingerprint density at radius 3 is 2.58 bits per heavy atom. The summed E-state index contributed by atoms with van der Waals surface area (Å²) in [6.45, 7) is 1.10. The van der Waals surface area contributed by atoms with E-state index in [0.29, 0.717) is 18.7 Å². The smallest absolute Gasteiger partial charge is 0.346 e. The summed E-state index contributed by atoms with van der Waals surface area (Å²) in [5, 5.41) is 13.7. The minimum absolute atomic E-state index is 0.0718. The average molecular weight is 440 g/mol. The van der Waals surface area contributed by atoms with Gasteiger partial charge in [-0.25, -0.2) is 9.97 Å². The van der Waals surface area contributed by atoms with Crippen molar-refractivity contribution in [2.45, 2.75) is 13.0 Å². The Kier molecular flexibility index (Phi) is 5.27. The molecule has 9 nitrogen and oxygen atoms in total. The van der Waals surface area contributed by atoms with Crippen molar-refractivity contribution in [2.75, 3.05) is 16.9 Å². The molecule has 0 saturated heterocycles. The summed E-state index contributed by atoms with van der Waals surface area (Å²) in [6, 6.07) is 20.9. The zero-order valence-electron chi connectivity index (χ0n) is 17.6. The molecule has 0 aliphatic carbocycles. The maximum absolute atomic E-state index is 12.8. The molecular formula is C24H20N6O3. The number of carbonyl (C=O) groups is 1. The van der Waals surface area contributed by atoms with Crippen LogP contribution >= 0.6 is 0 Å². The summed E-state index contributed by atoms with van der Waals surface area (Å²) in [4.78, 5) is 34.4.